The number of morpholine rings is 1. The van der Waals surface area contributed by atoms with Gasteiger partial charge in [-0.15, -0.1) is 0 Å². The maximum atomic E-state index is 12.7. The van der Waals surface area contributed by atoms with E-state index in [1.54, 1.807) is 11.0 Å². The Balaban J connectivity index is 1.70. The van der Waals surface area contributed by atoms with Gasteiger partial charge >= 0.3 is 0 Å². The molecule has 2 saturated heterocycles. The van der Waals surface area contributed by atoms with Crippen LogP contribution in [0, 0.1) is 0 Å². The van der Waals surface area contributed by atoms with E-state index in [1.165, 1.54) is 0 Å². The van der Waals surface area contributed by atoms with Crippen molar-refractivity contribution in [1.82, 2.24) is 15.3 Å². The average molecular weight is 331 g/mol. The molecule has 2 heterocycles. The SMILES string of the molecule is O=C(c1ccccc1CNN1C(=O)CCCC1=O)N1CCOCC1. The number of hydrazine groups is 1. The molecule has 1 N–H and O–H groups in total. The average Bonchev–Trinajstić information content (AvgIpc) is 2.62. The molecular formula is C17H21N3O4. The van der Waals surface area contributed by atoms with Gasteiger partial charge in [-0.1, -0.05) is 18.2 Å². The fraction of sp³-hybridized carbons (Fsp3) is 0.471. The van der Waals surface area contributed by atoms with Crippen LogP contribution in [0.25, 0.3) is 0 Å². The molecule has 0 spiro atoms. The largest absolute Gasteiger partial charge is 0.378 e. The third kappa shape index (κ3) is 3.63. The van der Waals surface area contributed by atoms with Crippen molar-refractivity contribution in [2.24, 2.45) is 0 Å². The summed E-state index contributed by atoms with van der Waals surface area (Å²) in [5.74, 6) is -0.488. The van der Waals surface area contributed by atoms with E-state index in [0.29, 0.717) is 51.1 Å². The van der Waals surface area contributed by atoms with Crippen molar-refractivity contribution in [3.05, 3.63) is 35.4 Å². The number of carbonyl (C=O) groups excluding carboxylic acids is 3. The Morgan fingerprint density at radius 3 is 2.46 bits per heavy atom. The number of nitrogens with one attached hydrogen (secondary N) is 1. The highest BCUT2D eigenvalue weighted by Crippen LogP contribution is 2.15. The van der Waals surface area contributed by atoms with Crippen molar-refractivity contribution in [2.45, 2.75) is 25.8 Å². The zero-order valence-electron chi connectivity index (χ0n) is 13.5. The van der Waals surface area contributed by atoms with Gasteiger partial charge in [-0.2, -0.15) is 0 Å². The molecule has 24 heavy (non-hydrogen) atoms. The second kappa shape index (κ2) is 7.55. The van der Waals surface area contributed by atoms with Gasteiger partial charge in [0.1, 0.15) is 0 Å². The molecule has 0 aromatic heterocycles. The maximum absolute atomic E-state index is 12.7. The summed E-state index contributed by atoms with van der Waals surface area (Å²) in [6.45, 7) is 2.49. The molecule has 0 saturated carbocycles. The molecule has 1 aromatic rings. The van der Waals surface area contributed by atoms with Crippen molar-refractivity contribution in [3.8, 4) is 0 Å². The van der Waals surface area contributed by atoms with Gasteiger partial charge in [0, 0.05) is 38.0 Å². The van der Waals surface area contributed by atoms with Crippen molar-refractivity contribution in [2.75, 3.05) is 26.3 Å². The second-order valence-corrected chi connectivity index (χ2v) is 5.87. The molecule has 7 nitrogen and oxygen atoms in total. The molecule has 3 rings (SSSR count). The van der Waals surface area contributed by atoms with Crippen molar-refractivity contribution >= 4 is 17.7 Å². The first-order chi connectivity index (χ1) is 11.7. The third-order valence-corrected chi connectivity index (χ3v) is 4.25. The van der Waals surface area contributed by atoms with Gasteiger partial charge in [0.05, 0.1) is 13.2 Å². The predicted molar refractivity (Wildman–Crippen MR) is 85.7 cm³/mol. The molecule has 0 atom stereocenters. The Kier molecular flexibility index (Phi) is 5.22. The molecule has 1 aromatic carbocycles. The molecule has 0 bridgehead atoms. The first-order valence-electron chi connectivity index (χ1n) is 8.21. The van der Waals surface area contributed by atoms with Crippen LogP contribution in [0.15, 0.2) is 24.3 Å². The fourth-order valence-corrected chi connectivity index (χ4v) is 2.91. The lowest BCUT2D eigenvalue weighted by Gasteiger charge is -2.28. The Bertz CT molecular complexity index is 624. The molecule has 7 heteroatoms. The Hall–Kier alpha value is -2.25. The van der Waals surface area contributed by atoms with E-state index in [1.807, 2.05) is 18.2 Å². The van der Waals surface area contributed by atoms with Gasteiger partial charge in [0.25, 0.3) is 5.91 Å². The van der Waals surface area contributed by atoms with E-state index in [2.05, 4.69) is 5.43 Å². The summed E-state index contributed by atoms with van der Waals surface area (Å²) in [4.78, 5) is 38.2. The highest BCUT2D eigenvalue weighted by atomic mass is 16.5. The van der Waals surface area contributed by atoms with Crippen LogP contribution >= 0.6 is 0 Å². The Labute approximate surface area is 140 Å². The molecule has 0 radical (unpaired) electrons. The van der Waals surface area contributed by atoms with Gasteiger partial charge in [-0.25, -0.2) is 10.4 Å². The van der Waals surface area contributed by atoms with Gasteiger partial charge in [-0.05, 0) is 18.1 Å². The minimum atomic E-state index is -0.219. The molecular weight excluding hydrogens is 310 g/mol. The third-order valence-electron chi connectivity index (χ3n) is 4.25. The van der Waals surface area contributed by atoms with E-state index in [4.69, 9.17) is 4.74 Å². The number of ether oxygens (including phenoxy) is 1. The van der Waals surface area contributed by atoms with Crippen LogP contribution in [-0.4, -0.2) is 53.9 Å². The van der Waals surface area contributed by atoms with Crippen LogP contribution in [0.3, 0.4) is 0 Å². The number of hydrogen-bond acceptors (Lipinski definition) is 5. The van der Waals surface area contributed by atoms with Gasteiger partial charge in [0.2, 0.25) is 11.8 Å². The highest BCUT2D eigenvalue weighted by Gasteiger charge is 2.26. The standard InChI is InChI=1S/C17H21N3O4/c21-15-6-3-7-16(22)20(15)18-12-13-4-1-2-5-14(13)17(23)19-8-10-24-11-9-19/h1-2,4-5,18H,3,6-12H2. The smallest absolute Gasteiger partial charge is 0.254 e. The normalized spacial score (nSPS) is 18.8. The lowest BCUT2D eigenvalue weighted by molar-refractivity contribution is -0.152. The van der Waals surface area contributed by atoms with E-state index < -0.39 is 0 Å². The number of imide groups is 1. The van der Waals surface area contributed by atoms with E-state index in [9.17, 15) is 14.4 Å². The fourth-order valence-electron chi connectivity index (χ4n) is 2.91. The summed E-state index contributed by atoms with van der Waals surface area (Å²) in [6.07, 6.45) is 1.34. The minimum absolute atomic E-state index is 0.0491. The van der Waals surface area contributed by atoms with E-state index in [-0.39, 0.29) is 24.3 Å². The number of nitrogens with zero attached hydrogens (tertiary/aromatic N) is 2. The van der Waals surface area contributed by atoms with Gasteiger partial charge < -0.3 is 9.64 Å². The number of amides is 3. The van der Waals surface area contributed by atoms with Gasteiger partial charge in [-0.3, -0.25) is 14.4 Å². The summed E-state index contributed by atoms with van der Waals surface area (Å²) in [5, 5.41) is 1.08. The molecule has 128 valence electrons. The van der Waals surface area contributed by atoms with Crippen LogP contribution in [0.4, 0.5) is 0 Å². The summed E-state index contributed by atoms with van der Waals surface area (Å²) < 4.78 is 5.28. The van der Waals surface area contributed by atoms with Crippen molar-refractivity contribution in [3.63, 3.8) is 0 Å². The van der Waals surface area contributed by atoms with Crippen molar-refractivity contribution < 1.29 is 19.1 Å². The summed E-state index contributed by atoms with van der Waals surface area (Å²) >= 11 is 0. The Morgan fingerprint density at radius 2 is 1.75 bits per heavy atom. The lowest BCUT2D eigenvalue weighted by Crippen LogP contribution is -2.49. The number of benzene rings is 1. The number of hydrogen-bond donors (Lipinski definition) is 1. The van der Waals surface area contributed by atoms with E-state index in [0.717, 1.165) is 10.6 Å². The number of carbonyl (C=O) groups is 3. The van der Waals surface area contributed by atoms with Crippen LogP contribution in [-0.2, 0) is 20.9 Å². The minimum Gasteiger partial charge on any atom is -0.378 e. The number of rotatable bonds is 4. The van der Waals surface area contributed by atoms with Crippen molar-refractivity contribution in [1.29, 1.82) is 0 Å². The second-order valence-electron chi connectivity index (χ2n) is 5.87. The molecule has 2 aliphatic heterocycles. The van der Waals surface area contributed by atoms with Crippen LogP contribution in [0.1, 0.15) is 35.2 Å². The summed E-state index contributed by atoms with van der Waals surface area (Å²) in [7, 11) is 0. The monoisotopic (exact) mass is 331 g/mol. The van der Waals surface area contributed by atoms with E-state index >= 15 is 0 Å². The molecule has 0 unspecified atom stereocenters. The zero-order chi connectivity index (χ0) is 16.9. The lowest BCUT2D eigenvalue weighted by atomic mass is 10.1. The van der Waals surface area contributed by atoms with Gasteiger partial charge in [0.15, 0.2) is 0 Å². The maximum Gasteiger partial charge on any atom is 0.254 e. The molecule has 2 fully saturated rings. The Morgan fingerprint density at radius 1 is 1.08 bits per heavy atom. The number of piperidine rings is 1. The van der Waals surface area contributed by atoms with Crippen LogP contribution < -0.4 is 5.43 Å². The molecule has 0 aliphatic carbocycles. The molecule has 2 aliphatic rings. The zero-order valence-corrected chi connectivity index (χ0v) is 13.5. The quantitative estimate of drug-likeness (QED) is 0.822. The first-order valence-corrected chi connectivity index (χ1v) is 8.21. The highest BCUT2D eigenvalue weighted by molar-refractivity contribution is 5.97. The van der Waals surface area contributed by atoms with Crippen LogP contribution in [0.2, 0.25) is 0 Å². The van der Waals surface area contributed by atoms with Crippen LogP contribution in [0.5, 0.6) is 0 Å². The summed E-state index contributed by atoms with van der Waals surface area (Å²) in [5.41, 5.74) is 4.23. The summed E-state index contributed by atoms with van der Waals surface area (Å²) in [6, 6.07) is 7.26. The predicted octanol–water partition coefficient (Wildman–Crippen LogP) is 0.703. The topological polar surface area (TPSA) is 79.0 Å². The molecule has 3 amide bonds. The first kappa shape index (κ1) is 16.6.